The highest BCUT2D eigenvalue weighted by atomic mass is 16.4. The maximum Gasteiger partial charge on any atom is 0.337 e. The quantitative estimate of drug-likeness (QED) is 0.838. The molecule has 102 valence electrons. The fraction of sp³-hybridized carbons (Fsp3) is 0.0667. The van der Waals surface area contributed by atoms with Crippen LogP contribution in [0.3, 0.4) is 0 Å². The first-order valence-corrected chi connectivity index (χ1v) is 5.96. The van der Waals surface area contributed by atoms with E-state index in [0.29, 0.717) is 16.9 Å². The first kappa shape index (κ1) is 13.6. The third kappa shape index (κ3) is 2.61. The van der Waals surface area contributed by atoms with Crippen molar-refractivity contribution >= 4 is 23.3 Å². The van der Waals surface area contributed by atoms with Gasteiger partial charge < -0.3 is 15.7 Å². The van der Waals surface area contributed by atoms with E-state index in [9.17, 15) is 9.59 Å². The minimum absolute atomic E-state index is 0.0822. The highest BCUT2D eigenvalue weighted by molar-refractivity contribution is 6.09. The first-order chi connectivity index (χ1) is 9.50. The van der Waals surface area contributed by atoms with Gasteiger partial charge in [0.25, 0.3) is 5.91 Å². The number of benzene rings is 2. The molecule has 0 radical (unpaired) electrons. The predicted octanol–water partition coefficient (Wildman–Crippen LogP) is 2.24. The third-order valence-corrected chi connectivity index (χ3v) is 2.96. The fourth-order valence-corrected chi connectivity index (χ4v) is 1.88. The molecule has 0 spiro atoms. The molecule has 0 aliphatic heterocycles. The number of nitrogens with zero attached hydrogens (tertiary/aromatic N) is 1. The first-order valence-electron chi connectivity index (χ1n) is 5.96. The van der Waals surface area contributed by atoms with Gasteiger partial charge in [0.15, 0.2) is 0 Å². The van der Waals surface area contributed by atoms with E-state index in [1.807, 2.05) is 0 Å². The van der Waals surface area contributed by atoms with Crippen molar-refractivity contribution < 1.29 is 14.7 Å². The summed E-state index contributed by atoms with van der Waals surface area (Å²) in [4.78, 5) is 24.8. The van der Waals surface area contributed by atoms with Crippen molar-refractivity contribution in [2.45, 2.75) is 0 Å². The number of carbonyl (C=O) groups is 2. The number of nitrogen functional groups attached to an aromatic ring is 1. The molecule has 20 heavy (non-hydrogen) atoms. The van der Waals surface area contributed by atoms with Crippen LogP contribution in [0.25, 0.3) is 0 Å². The smallest absolute Gasteiger partial charge is 0.337 e. The number of carboxylic acids is 1. The standard InChI is InChI=1S/C15H14N2O3/c1-17(13-5-3-2-4-12(13)15(19)20)14(18)10-6-8-11(16)9-7-10/h2-9H,16H2,1H3,(H,19,20). The number of nitrogens with two attached hydrogens (primary N) is 1. The number of hydrogen-bond donors (Lipinski definition) is 2. The van der Waals surface area contributed by atoms with E-state index in [1.54, 1.807) is 49.5 Å². The maximum absolute atomic E-state index is 12.3. The minimum atomic E-state index is -1.07. The minimum Gasteiger partial charge on any atom is -0.478 e. The third-order valence-electron chi connectivity index (χ3n) is 2.96. The molecule has 0 bridgehead atoms. The molecule has 1 amide bonds. The van der Waals surface area contributed by atoms with Crippen molar-refractivity contribution in [3.05, 3.63) is 59.7 Å². The van der Waals surface area contributed by atoms with Crippen molar-refractivity contribution in [2.24, 2.45) is 0 Å². The molecule has 0 unspecified atom stereocenters. The van der Waals surface area contributed by atoms with E-state index in [-0.39, 0.29) is 11.5 Å². The van der Waals surface area contributed by atoms with Gasteiger partial charge in [0, 0.05) is 18.3 Å². The summed E-state index contributed by atoms with van der Waals surface area (Å²) in [6.07, 6.45) is 0. The van der Waals surface area contributed by atoms with Crippen molar-refractivity contribution in [3.8, 4) is 0 Å². The Morgan fingerprint density at radius 2 is 1.65 bits per heavy atom. The highest BCUT2D eigenvalue weighted by Crippen LogP contribution is 2.21. The largest absolute Gasteiger partial charge is 0.478 e. The Balaban J connectivity index is 2.36. The monoisotopic (exact) mass is 270 g/mol. The predicted molar refractivity (Wildman–Crippen MR) is 77.0 cm³/mol. The second kappa shape index (κ2) is 5.44. The van der Waals surface area contributed by atoms with Crippen LogP contribution in [-0.2, 0) is 0 Å². The zero-order valence-corrected chi connectivity index (χ0v) is 10.9. The van der Waals surface area contributed by atoms with Crippen molar-refractivity contribution in [2.75, 3.05) is 17.7 Å². The van der Waals surface area contributed by atoms with Crippen LogP contribution in [0, 0.1) is 0 Å². The summed E-state index contributed by atoms with van der Waals surface area (Å²) >= 11 is 0. The molecule has 5 nitrogen and oxygen atoms in total. The number of aromatic carboxylic acids is 1. The molecule has 0 atom stereocenters. The SMILES string of the molecule is CN(C(=O)c1ccc(N)cc1)c1ccccc1C(=O)O. The van der Waals surface area contributed by atoms with Crippen LogP contribution in [0.2, 0.25) is 0 Å². The molecule has 2 aromatic rings. The molecule has 0 aromatic heterocycles. The normalized spacial score (nSPS) is 10.1. The number of rotatable bonds is 3. The van der Waals surface area contributed by atoms with Crippen LogP contribution >= 0.6 is 0 Å². The van der Waals surface area contributed by atoms with Gasteiger partial charge in [-0.3, -0.25) is 4.79 Å². The van der Waals surface area contributed by atoms with E-state index < -0.39 is 5.97 Å². The number of anilines is 2. The summed E-state index contributed by atoms with van der Waals surface area (Å²) in [5.74, 6) is -1.36. The molecule has 3 N–H and O–H groups in total. The number of para-hydroxylation sites is 1. The molecule has 2 aromatic carbocycles. The molecule has 0 heterocycles. The summed E-state index contributed by atoms with van der Waals surface area (Å²) in [7, 11) is 1.54. The summed E-state index contributed by atoms with van der Waals surface area (Å²) < 4.78 is 0. The van der Waals surface area contributed by atoms with Gasteiger partial charge in [0.2, 0.25) is 0 Å². The second-order valence-corrected chi connectivity index (χ2v) is 4.31. The van der Waals surface area contributed by atoms with Gasteiger partial charge in [-0.1, -0.05) is 12.1 Å². The van der Waals surface area contributed by atoms with Gasteiger partial charge in [-0.25, -0.2) is 4.79 Å². The van der Waals surface area contributed by atoms with Crippen LogP contribution in [0.1, 0.15) is 20.7 Å². The summed E-state index contributed by atoms with van der Waals surface area (Å²) in [6.45, 7) is 0. The molecule has 0 fully saturated rings. The van der Waals surface area contributed by atoms with Crippen LogP contribution in [0.4, 0.5) is 11.4 Å². The molecule has 0 aliphatic carbocycles. The second-order valence-electron chi connectivity index (χ2n) is 4.31. The number of carbonyl (C=O) groups excluding carboxylic acids is 1. The molecule has 0 saturated carbocycles. The van der Waals surface area contributed by atoms with Gasteiger partial charge >= 0.3 is 5.97 Å². The molecular weight excluding hydrogens is 256 g/mol. The topological polar surface area (TPSA) is 83.6 Å². The van der Waals surface area contributed by atoms with Crippen molar-refractivity contribution in [3.63, 3.8) is 0 Å². The Kier molecular flexibility index (Phi) is 3.70. The molecule has 2 rings (SSSR count). The Morgan fingerprint density at radius 1 is 1.05 bits per heavy atom. The Morgan fingerprint density at radius 3 is 2.25 bits per heavy atom. The van der Waals surface area contributed by atoms with Crippen LogP contribution in [0.5, 0.6) is 0 Å². The van der Waals surface area contributed by atoms with E-state index in [0.717, 1.165) is 0 Å². The highest BCUT2D eigenvalue weighted by Gasteiger charge is 2.18. The molecule has 0 aliphatic rings. The van der Waals surface area contributed by atoms with E-state index in [4.69, 9.17) is 10.8 Å². The zero-order chi connectivity index (χ0) is 14.7. The Hall–Kier alpha value is -2.82. The van der Waals surface area contributed by atoms with Gasteiger partial charge in [0.05, 0.1) is 11.3 Å². The fourth-order valence-electron chi connectivity index (χ4n) is 1.88. The number of amides is 1. The van der Waals surface area contributed by atoms with Gasteiger partial charge in [-0.15, -0.1) is 0 Å². The van der Waals surface area contributed by atoms with Gasteiger partial charge in [-0.2, -0.15) is 0 Å². The van der Waals surface area contributed by atoms with E-state index in [2.05, 4.69) is 0 Å². The summed E-state index contributed by atoms with van der Waals surface area (Å²) in [6, 6.07) is 12.8. The van der Waals surface area contributed by atoms with Crippen molar-refractivity contribution in [1.29, 1.82) is 0 Å². The Bertz CT molecular complexity index is 650. The lowest BCUT2D eigenvalue weighted by atomic mass is 10.1. The lowest BCUT2D eigenvalue weighted by molar-refractivity contribution is 0.0697. The summed E-state index contributed by atoms with van der Waals surface area (Å²) in [5.41, 5.74) is 7.02. The molecular formula is C15H14N2O3. The lowest BCUT2D eigenvalue weighted by Gasteiger charge is -2.19. The van der Waals surface area contributed by atoms with E-state index >= 15 is 0 Å². The van der Waals surface area contributed by atoms with Crippen molar-refractivity contribution in [1.82, 2.24) is 0 Å². The van der Waals surface area contributed by atoms with Crippen LogP contribution in [-0.4, -0.2) is 24.0 Å². The molecule has 5 heteroatoms. The lowest BCUT2D eigenvalue weighted by Crippen LogP contribution is -2.27. The molecule has 0 saturated heterocycles. The zero-order valence-electron chi connectivity index (χ0n) is 10.9. The van der Waals surface area contributed by atoms with Crippen LogP contribution in [0.15, 0.2) is 48.5 Å². The Labute approximate surface area is 116 Å². The maximum atomic E-state index is 12.3. The van der Waals surface area contributed by atoms with Crippen LogP contribution < -0.4 is 10.6 Å². The summed E-state index contributed by atoms with van der Waals surface area (Å²) in [5, 5.41) is 9.15. The van der Waals surface area contributed by atoms with Gasteiger partial charge in [-0.05, 0) is 36.4 Å². The average molecular weight is 270 g/mol. The van der Waals surface area contributed by atoms with Gasteiger partial charge in [0.1, 0.15) is 0 Å². The number of hydrogen-bond acceptors (Lipinski definition) is 3. The average Bonchev–Trinajstić information content (AvgIpc) is 2.46. The van der Waals surface area contributed by atoms with E-state index in [1.165, 1.54) is 11.0 Å². The number of carboxylic acid groups (broad SMARTS) is 1.